The number of nitrogens with zero attached hydrogens (tertiary/aromatic N) is 2. The van der Waals surface area contributed by atoms with Crippen LogP contribution in [0.5, 0.6) is 0 Å². The minimum absolute atomic E-state index is 0.151. The molecule has 8 heteroatoms. The number of hydrogen-bond donors (Lipinski definition) is 2. The lowest BCUT2D eigenvalue weighted by Crippen LogP contribution is -2.45. The number of nitrogens with one attached hydrogen (secondary N) is 1. The fraction of sp³-hybridized carbons (Fsp3) is 0.529. The molecule has 25 heavy (non-hydrogen) atoms. The Kier molecular flexibility index (Phi) is 4.61. The van der Waals surface area contributed by atoms with Crippen LogP contribution in [-0.2, 0) is 23.2 Å². The van der Waals surface area contributed by atoms with Crippen molar-refractivity contribution in [3.63, 3.8) is 0 Å². The van der Waals surface area contributed by atoms with E-state index in [1.807, 2.05) is 6.92 Å². The Bertz CT molecular complexity index is 786. The van der Waals surface area contributed by atoms with Gasteiger partial charge in [0.05, 0.1) is 11.8 Å². The smallest absolute Gasteiger partial charge is 0.311 e. The topological polar surface area (TPSA) is 118 Å². The lowest BCUT2D eigenvalue weighted by Gasteiger charge is -2.26. The molecule has 2 N–H and O–H groups in total. The zero-order valence-electron chi connectivity index (χ0n) is 14.3. The van der Waals surface area contributed by atoms with Crippen LogP contribution in [0.25, 0.3) is 0 Å². The molecule has 0 radical (unpaired) electrons. The molecule has 0 aliphatic heterocycles. The number of aryl methyl sites for hydroxylation is 2. The van der Waals surface area contributed by atoms with Gasteiger partial charge in [-0.25, -0.2) is 0 Å². The predicted octanol–water partition coefficient (Wildman–Crippen LogP) is 2.36. The normalized spacial score (nSPS) is 16.1. The first-order valence-corrected chi connectivity index (χ1v) is 8.39. The van der Waals surface area contributed by atoms with Gasteiger partial charge in [-0.15, -0.1) is 0 Å². The molecule has 1 aliphatic rings. The van der Waals surface area contributed by atoms with Crippen molar-refractivity contribution in [2.75, 3.05) is 0 Å². The number of rotatable bonds is 6. The van der Waals surface area contributed by atoms with Gasteiger partial charge in [-0.1, -0.05) is 24.9 Å². The molecule has 1 saturated carbocycles. The van der Waals surface area contributed by atoms with E-state index in [0.29, 0.717) is 36.5 Å². The predicted molar refractivity (Wildman–Crippen MR) is 86.1 cm³/mol. The zero-order valence-corrected chi connectivity index (χ0v) is 14.3. The summed E-state index contributed by atoms with van der Waals surface area (Å²) >= 11 is 0. The number of carboxylic acids is 1. The third-order valence-electron chi connectivity index (χ3n) is 4.60. The zero-order chi connectivity index (χ0) is 18.0. The molecule has 0 unspecified atom stereocenters. The summed E-state index contributed by atoms with van der Waals surface area (Å²) in [5, 5.41) is 16.1. The van der Waals surface area contributed by atoms with Gasteiger partial charge in [0, 0.05) is 12.0 Å². The molecule has 1 fully saturated rings. The SMILES string of the molecule is CCc1nc(C2(NC(=O)c3c(C)coc3CC(=O)O)CCCC2)no1. The molecule has 3 rings (SSSR count). The van der Waals surface area contributed by atoms with Gasteiger partial charge in [-0.05, 0) is 19.8 Å². The van der Waals surface area contributed by atoms with Crippen molar-refractivity contribution in [2.24, 2.45) is 0 Å². The lowest BCUT2D eigenvalue weighted by molar-refractivity contribution is -0.136. The average molecular weight is 347 g/mol. The van der Waals surface area contributed by atoms with E-state index in [0.717, 1.165) is 12.8 Å². The molecular weight excluding hydrogens is 326 g/mol. The average Bonchev–Trinajstić information content (AvgIpc) is 3.27. The van der Waals surface area contributed by atoms with Crippen molar-refractivity contribution in [3.8, 4) is 0 Å². The first kappa shape index (κ1) is 17.2. The highest BCUT2D eigenvalue weighted by molar-refractivity contribution is 5.98. The van der Waals surface area contributed by atoms with Crippen molar-refractivity contribution in [1.82, 2.24) is 15.5 Å². The van der Waals surface area contributed by atoms with Gasteiger partial charge in [0.1, 0.15) is 17.7 Å². The van der Waals surface area contributed by atoms with Gasteiger partial charge in [0.25, 0.3) is 5.91 Å². The quantitative estimate of drug-likeness (QED) is 0.823. The number of carbonyl (C=O) groups excluding carboxylic acids is 1. The molecule has 2 aromatic rings. The lowest BCUT2D eigenvalue weighted by atomic mass is 9.95. The molecule has 0 aromatic carbocycles. The number of carbonyl (C=O) groups is 2. The second-order valence-corrected chi connectivity index (χ2v) is 6.40. The van der Waals surface area contributed by atoms with Crippen LogP contribution in [0, 0.1) is 6.92 Å². The summed E-state index contributed by atoms with van der Waals surface area (Å²) in [6, 6.07) is 0. The Morgan fingerprint density at radius 1 is 1.36 bits per heavy atom. The first-order chi connectivity index (χ1) is 11.9. The van der Waals surface area contributed by atoms with Gasteiger partial charge < -0.3 is 19.4 Å². The van der Waals surface area contributed by atoms with E-state index in [2.05, 4.69) is 15.5 Å². The van der Waals surface area contributed by atoms with E-state index < -0.39 is 11.5 Å². The first-order valence-electron chi connectivity index (χ1n) is 8.39. The number of aliphatic carboxylic acids is 1. The fourth-order valence-electron chi connectivity index (χ4n) is 3.33. The van der Waals surface area contributed by atoms with Crippen LogP contribution in [0.15, 0.2) is 15.2 Å². The number of amides is 1. The van der Waals surface area contributed by atoms with Crippen molar-refractivity contribution in [2.45, 2.75) is 57.9 Å². The molecule has 0 bridgehead atoms. The second-order valence-electron chi connectivity index (χ2n) is 6.40. The number of aromatic nitrogens is 2. The molecule has 134 valence electrons. The van der Waals surface area contributed by atoms with Crippen LogP contribution in [0.2, 0.25) is 0 Å². The minimum atomic E-state index is -1.05. The molecule has 0 spiro atoms. The molecule has 1 amide bonds. The molecular formula is C17H21N3O5. The van der Waals surface area contributed by atoms with E-state index in [-0.39, 0.29) is 23.7 Å². The molecule has 1 aliphatic carbocycles. The highest BCUT2D eigenvalue weighted by atomic mass is 16.5. The van der Waals surface area contributed by atoms with Crippen LogP contribution in [0.3, 0.4) is 0 Å². The highest BCUT2D eigenvalue weighted by Gasteiger charge is 2.42. The van der Waals surface area contributed by atoms with E-state index in [4.69, 9.17) is 14.0 Å². The Hall–Kier alpha value is -2.64. The van der Waals surface area contributed by atoms with Gasteiger partial charge in [-0.3, -0.25) is 9.59 Å². The molecule has 2 heterocycles. The minimum Gasteiger partial charge on any atom is -0.481 e. The van der Waals surface area contributed by atoms with E-state index in [9.17, 15) is 9.59 Å². The summed E-state index contributed by atoms with van der Waals surface area (Å²) in [5.41, 5.74) is 0.190. The Morgan fingerprint density at radius 2 is 2.08 bits per heavy atom. The second kappa shape index (κ2) is 6.70. The maximum atomic E-state index is 12.9. The van der Waals surface area contributed by atoms with Crippen LogP contribution >= 0.6 is 0 Å². The van der Waals surface area contributed by atoms with Gasteiger partial charge >= 0.3 is 5.97 Å². The van der Waals surface area contributed by atoms with E-state index in [1.54, 1.807) is 6.92 Å². The summed E-state index contributed by atoms with van der Waals surface area (Å²) in [5.74, 6) is -0.257. The van der Waals surface area contributed by atoms with Crippen LogP contribution in [0.1, 0.15) is 66.0 Å². The maximum Gasteiger partial charge on any atom is 0.311 e. The van der Waals surface area contributed by atoms with Crippen LogP contribution in [-0.4, -0.2) is 27.1 Å². The number of furan rings is 1. The summed E-state index contributed by atoms with van der Waals surface area (Å²) in [4.78, 5) is 28.3. The fourth-order valence-corrected chi connectivity index (χ4v) is 3.33. The van der Waals surface area contributed by atoms with Crippen LogP contribution < -0.4 is 5.32 Å². The maximum absolute atomic E-state index is 12.9. The van der Waals surface area contributed by atoms with E-state index in [1.165, 1.54) is 6.26 Å². The Morgan fingerprint density at radius 3 is 2.68 bits per heavy atom. The van der Waals surface area contributed by atoms with Crippen molar-refractivity contribution < 1.29 is 23.6 Å². The van der Waals surface area contributed by atoms with E-state index >= 15 is 0 Å². The van der Waals surface area contributed by atoms with Crippen LogP contribution in [0.4, 0.5) is 0 Å². The number of carboxylic acid groups (broad SMARTS) is 1. The molecule has 8 nitrogen and oxygen atoms in total. The highest BCUT2D eigenvalue weighted by Crippen LogP contribution is 2.38. The largest absolute Gasteiger partial charge is 0.481 e. The monoisotopic (exact) mass is 347 g/mol. The number of hydrogen-bond acceptors (Lipinski definition) is 6. The Labute approximate surface area is 144 Å². The van der Waals surface area contributed by atoms with Crippen molar-refractivity contribution in [3.05, 3.63) is 34.9 Å². The molecule has 2 aromatic heterocycles. The molecule has 0 saturated heterocycles. The summed E-state index contributed by atoms with van der Waals surface area (Å²) in [7, 11) is 0. The summed E-state index contributed by atoms with van der Waals surface area (Å²) in [6.07, 6.45) is 5.01. The third kappa shape index (κ3) is 3.29. The van der Waals surface area contributed by atoms with Gasteiger partial charge in [-0.2, -0.15) is 4.98 Å². The van der Waals surface area contributed by atoms with Gasteiger partial charge in [0.15, 0.2) is 5.82 Å². The van der Waals surface area contributed by atoms with Crippen molar-refractivity contribution in [1.29, 1.82) is 0 Å². The van der Waals surface area contributed by atoms with Gasteiger partial charge in [0.2, 0.25) is 5.89 Å². The molecule has 0 atom stereocenters. The summed E-state index contributed by atoms with van der Waals surface area (Å²) in [6.45, 7) is 3.64. The Balaban J connectivity index is 1.90. The summed E-state index contributed by atoms with van der Waals surface area (Å²) < 4.78 is 10.5. The third-order valence-corrected chi connectivity index (χ3v) is 4.60. The standard InChI is InChI=1S/C17H21N3O5/c1-3-12-18-16(20-25-12)17(6-4-5-7-17)19-15(23)14-10(2)9-24-11(14)8-13(21)22/h9H,3-8H2,1-2H3,(H,19,23)(H,21,22). The van der Waals surface area contributed by atoms with Crippen molar-refractivity contribution >= 4 is 11.9 Å².